The second-order valence-electron chi connectivity index (χ2n) is 11.6. The van der Waals surface area contributed by atoms with E-state index in [-0.39, 0.29) is 24.0 Å². The van der Waals surface area contributed by atoms with Crippen LogP contribution in [0.5, 0.6) is 0 Å². The molecule has 0 fully saturated rings. The second kappa shape index (κ2) is 27.2. The predicted octanol–water partition coefficient (Wildman–Crippen LogP) is 5.05. The Kier molecular flexibility index (Phi) is 24.1. The predicted molar refractivity (Wildman–Crippen MR) is 191 cm³/mol. The van der Waals surface area contributed by atoms with Gasteiger partial charge in [0, 0.05) is 53.3 Å². The van der Waals surface area contributed by atoms with E-state index in [9.17, 15) is 0 Å². The molecule has 0 bridgehead atoms. The van der Waals surface area contributed by atoms with Gasteiger partial charge in [-0.1, -0.05) is 64.5 Å². The van der Waals surface area contributed by atoms with E-state index >= 15 is 0 Å². The van der Waals surface area contributed by atoms with Gasteiger partial charge in [0.2, 0.25) is 0 Å². The van der Waals surface area contributed by atoms with E-state index in [0.717, 1.165) is 19.6 Å². The van der Waals surface area contributed by atoms with Crippen LogP contribution in [0.4, 0.5) is 5.69 Å². The summed E-state index contributed by atoms with van der Waals surface area (Å²) in [5.74, 6) is 0. The average Bonchev–Trinajstić information content (AvgIpc) is 3.59. The number of anilines is 1. The number of nitrogens with zero attached hydrogens (tertiary/aromatic N) is 2. The van der Waals surface area contributed by atoms with Gasteiger partial charge >= 0.3 is 0 Å². The van der Waals surface area contributed by atoms with Gasteiger partial charge in [-0.3, -0.25) is 0 Å². The van der Waals surface area contributed by atoms with E-state index < -0.39 is 0 Å². The van der Waals surface area contributed by atoms with Gasteiger partial charge < -0.3 is 52.6 Å². The summed E-state index contributed by atoms with van der Waals surface area (Å²) in [4.78, 5) is 5.20. The standard InChI is InChI=1S/C38H59N2O5S.HI/c1-4-6-8-10-20-40(21-11-9-7-5-2)36-14-12-34(13-15-36)37-16-17-38(46-37)35-18-22-39(23-19-35)24-25-42-28-29-44-32-33-45-31-30-43-27-26-41-3;/h12-19,22-23H,4-11,20-21,24-33H2,1-3H3;1H/q+1;/p-1. The minimum atomic E-state index is 0. The molecular weight excluding hydrogens is 723 g/mol. The van der Waals surface area contributed by atoms with E-state index in [1.54, 1.807) is 7.11 Å². The molecule has 0 unspecified atom stereocenters. The van der Waals surface area contributed by atoms with Crippen molar-refractivity contribution in [3.8, 4) is 20.9 Å². The SMILES string of the molecule is CCCCCCN(CCCCCC)c1ccc(-c2ccc(-c3cc[n+](CCOCCOCCOCCOCCOC)cc3)s2)cc1.[I-]. The van der Waals surface area contributed by atoms with Crippen molar-refractivity contribution in [2.75, 3.05) is 84.6 Å². The topological polar surface area (TPSA) is 53.3 Å². The van der Waals surface area contributed by atoms with Crippen molar-refractivity contribution in [2.24, 2.45) is 0 Å². The molecule has 2 heterocycles. The van der Waals surface area contributed by atoms with Gasteiger partial charge in [-0.05, 0) is 42.7 Å². The minimum absolute atomic E-state index is 0. The number of hydrogen-bond donors (Lipinski definition) is 0. The summed E-state index contributed by atoms with van der Waals surface area (Å²) >= 11 is 1.86. The molecule has 0 spiro atoms. The minimum Gasteiger partial charge on any atom is -1.00 e. The second-order valence-corrected chi connectivity index (χ2v) is 12.7. The summed E-state index contributed by atoms with van der Waals surface area (Å²) in [6.45, 7) is 13.0. The van der Waals surface area contributed by atoms with Crippen molar-refractivity contribution in [1.29, 1.82) is 0 Å². The molecule has 47 heavy (non-hydrogen) atoms. The number of thiophene rings is 1. The van der Waals surface area contributed by atoms with Crippen LogP contribution in [0.25, 0.3) is 20.9 Å². The van der Waals surface area contributed by atoms with Gasteiger partial charge in [0.05, 0.1) is 52.9 Å². The zero-order valence-corrected chi connectivity index (χ0v) is 32.1. The molecule has 9 heteroatoms. The monoisotopic (exact) mass is 782 g/mol. The van der Waals surface area contributed by atoms with Crippen LogP contribution < -0.4 is 33.4 Å². The molecule has 0 aliphatic rings. The molecule has 3 rings (SSSR count). The average molecular weight is 783 g/mol. The molecule has 0 amide bonds. The Bertz CT molecular complexity index is 1130. The Labute approximate surface area is 305 Å². The highest BCUT2D eigenvalue weighted by molar-refractivity contribution is 7.18. The summed E-state index contributed by atoms with van der Waals surface area (Å²) < 4.78 is 29.2. The molecule has 2 aromatic heterocycles. The summed E-state index contributed by atoms with van der Waals surface area (Å²) in [5, 5.41) is 0. The lowest BCUT2D eigenvalue weighted by Crippen LogP contribution is -3.00. The number of benzene rings is 1. The van der Waals surface area contributed by atoms with Crippen molar-refractivity contribution in [1.82, 2.24) is 0 Å². The molecule has 0 radical (unpaired) electrons. The number of halogens is 1. The van der Waals surface area contributed by atoms with Gasteiger partial charge in [0.15, 0.2) is 18.9 Å². The summed E-state index contributed by atoms with van der Waals surface area (Å²) in [7, 11) is 1.66. The maximum Gasteiger partial charge on any atom is 0.171 e. The zero-order valence-electron chi connectivity index (χ0n) is 29.1. The molecule has 1 aromatic carbocycles. The Morgan fingerprint density at radius 1 is 0.553 bits per heavy atom. The molecule has 7 nitrogen and oxygen atoms in total. The molecular formula is C38H59IN2O5S. The van der Waals surface area contributed by atoms with Gasteiger partial charge in [-0.2, -0.15) is 0 Å². The molecule has 0 atom stereocenters. The lowest BCUT2D eigenvalue weighted by Gasteiger charge is -2.25. The zero-order chi connectivity index (χ0) is 32.5. The molecule has 0 N–H and O–H groups in total. The lowest BCUT2D eigenvalue weighted by atomic mass is 10.1. The quantitative estimate of drug-likeness (QED) is 0.0585. The van der Waals surface area contributed by atoms with Crippen LogP contribution in [0.3, 0.4) is 0 Å². The third-order valence-electron chi connectivity index (χ3n) is 7.90. The first-order chi connectivity index (χ1) is 22.7. The van der Waals surface area contributed by atoms with Gasteiger partial charge in [-0.15, -0.1) is 11.3 Å². The number of rotatable bonds is 28. The largest absolute Gasteiger partial charge is 1.00 e. The molecule has 3 aromatic rings. The smallest absolute Gasteiger partial charge is 0.171 e. The fourth-order valence-electron chi connectivity index (χ4n) is 5.16. The Morgan fingerprint density at radius 3 is 1.51 bits per heavy atom. The van der Waals surface area contributed by atoms with E-state index in [2.05, 4.69) is 84.2 Å². The van der Waals surface area contributed by atoms with Crippen LogP contribution in [0, 0.1) is 0 Å². The first kappa shape index (κ1) is 41.6. The van der Waals surface area contributed by atoms with E-state index in [4.69, 9.17) is 23.7 Å². The van der Waals surface area contributed by atoms with Crippen LogP contribution in [0.1, 0.15) is 65.2 Å². The summed E-state index contributed by atoms with van der Waals surface area (Å²) in [6.07, 6.45) is 14.7. The van der Waals surface area contributed by atoms with E-state index in [1.165, 1.54) is 77.9 Å². The number of pyridine rings is 1. The fraction of sp³-hybridized carbons (Fsp3) is 0.605. The lowest BCUT2D eigenvalue weighted by molar-refractivity contribution is -0.698. The number of methoxy groups -OCH3 is 1. The normalized spacial score (nSPS) is 11.1. The van der Waals surface area contributed by atoms with E-state index in [0.29, 0.717) is 59.5 Å². The Hall–Kier alpha value is -1.60. The maximum absolute atomic E-state index is 5.75. The molecule has 0 aliphatic carbocycles. The molecule has 0 saturated carbocycles. The number of unbranched alkanes of at least 4 members (excludes halogenated alkanes) is 6. The Balaban J connectivity index is 0.00000768. The van der Waals surface area contributed by atoms with Crippen LogP contribution in [-0.2, 0) is 30.2 Å². The van der Waals surface area contributed by atoms with Crippen molar-refractivity contribution in [3.63, 3.8) is 0 Å². The van der Waals surface area contributed by atoms with Crippen molar-refractivity contribution >= 4 is 17.0 Å². The van der Waals surface area contributed by atoms with Gasteiger partial charge in [0.1, 0.15) is 6.61 Å². The summed E-state index contributed by atoms with van der Waals surface area (Å²) in [6, 6.07) is 18.1. The van der Waals surface area contributed by atoms with Crippen LogP contribution in [-0.4, -0.2) is 79.7 Å². The first-order valence-corrected chi connectivity index (χ1v) is 18.3. The van der Waals surface area contributed by atoms with Crippen molar-refractivity contribution in [3.05, 3.63) is 60.9 Å². The third kappa shape index (κ3) is 17.6. The first-order valence-electron chi connectivity index (χ1n) is 17.5. The van der Waals surface area contributed by atoms with E-state index in [1.807, 2.05) is 11.3 Å². The highest BCUT2D eigenvalue weighted by atomic mass is 127. The molecule has 0 saturated heterocycles. The third-order valence-corrected chi connectivity index (χ3v) is 9.09. The molecule has 264 valence electrons. The number of aromatic nitrogens is 1. The number of ether oxygens (including phenoxy) is 5. The summed E-state index contributed by atoms with van der Waals surface area (Å²) in [5.41, 5.74) is 3.89. The molecule has 0 aliphatic heterocycles. The van der Waals surface area contributed by atoms with Crippen molar-refractivity contribution < 1.29 is 52.2 Å². The number of hydrogen-bond acceptors (Lipinski definition) is 7. The van der Waals surface area contributed by atoms with Crippen molar-refractivity contribution in [2.45, 2.75) is 71.8 Å². The van der Waals surface area contributed by atoms with Gasteiger partial charge in [-0.25, -0.2) is 4.57 Å². The highest BCUT2D eigenvalue weighted by Gasteiger charge is 2.10. The maximum atomic E-state index is 5.75. The van der Waals surface area contributed by atoms with Crippen LogP contribution >= 0.6 is 11.3 Å². The van der Waals surface area contributed by atoms with Crippen LogP contribution in [0.15, 0.2) is 60.9 Å². The Morgan fingerprint density at radius 2 is 1.02 bits per heavy atom. The van der Waals surface area contributed by atoms with Gasteiger partial charge in [0.25, 0.3) is 0 Å². The fourth-order valence-corrected chi connectivity index (χ4v) is 6.18. The van der Waals surface area contributed by atoms with Crippen LogP contribution in [0.2, 0.25) is 0 Å². The highest BCUT2D eigenvalue weighted by Crippen LogP contribution is 2.35.